The third kappa shape index (κ3) is 4.68. The van der Waals surface area contributed by atoms with E-state index in [1.54, 1.807) is 23.9 Å². The van der Waals surface area contributed by atoms with Gasteiger partial charge in [0.15, 0.2) is 0 Å². The van der Waals surface area contributed by atoms with Gasteiger partial charge < -0.3 is 15.6 Å². The number of benzene rings is 2. The van der Waals surface area contributed by atoms with Gasteiger partial charge in [0.2, 0.25) is 0 Å². The van der Waals surface area contributed by atoms with E-state index in [0.29, 0.717) is 12.4 Å². The summed E-state index contributed by atoms with van der Waals surface area (Å²) in [5, 5.41) is 8.80. The number of hydrogen-bond acceptors (Lipinski definition) is 4. The Morgan fingerprint density at radius 1 is 1.24 bits per heavy atom. The smallest absolute Gasteiger partial charge is 0.335 e. The molecule has 0 heterocycles. The molecule has 0 saturated carbocycles. The molecule has 0 radical (unpaired) electrons. The normalized spacial score (nSPS) is 10.3. The van der Waals surface area contributed by atoms with Crippen molar-refractivity contribution in [3.05, 3.63) is 52.5 Å². The standard InChI is InChI=1S/C15H14BrNO3S/c16-11-3-6-14(13(17)9-11)21-8-7-20-12-4-1-10(2-5-12)15(18)19/h1-6,9H,7-8,17H2,(H,18,19). The molecule has 2 aromatic carbocycles. The number of nitrogens with two attached hydrogens (primary N) is 1. The first-order valence-corrected chi connectivity index (χ1v) is 7.98. The SMILES string of the molecule is Nc1cc(Br)ccc1SCCOc1ccc(C(=O)O)cc1. The summed E-state index contributed by atoms with van der Waals surface area (Å²) in [7, 11) is 0. The molecular formula is C15H14BrNO3S. The largest absolute Gasteiger partial charge is 0.493 e. The summed E-state index contributed by atoms with van der Waals surface area (Å²) in [5.41, 5.74) is 6.90. The average molecular weight is 368 g/mol. The van der Waals surface area contributed by atoms with E-state index in [1.807, 2.05) is 18.2 Å². The molecule has 0 aliphatic carbocycles. The van der Waals surface area contributed by atoms with Crippen LogP contribution in [0.2, 0.25) is 0 Å². The van der Waals surface area contributed by atoms with E-state index in [2.05, 4.69) is 15.9 Å². The monoisotopic (exact) mass is 367 g/mol. The highest BCUT2D eigenvalue weighted by Crippen LogP contribution is 2.27. The van der Waals surface area contributed by atoms with Crippen LogP contribution in [0.25, 0.3) is 0 Å². The zero-order valence-electron chi connectivity index (χ0n) is 11.1. The lowest BCUT2D eigenvalue weighted by Crippen LogP contribution is -2.01. The Morgan fingerprint density at radius 2 is 1.95 bits per heavy atom. The summed E-state index contributed by atoms with van der Waals surface area (Å²) < 4.78 is 6.52. The van der Waals surface area contributed by atoms with E-state index in [0.717, 1.165) is 20.8 Å². The molecule has 0 saturated heterocycles. The highest BCUT2D eigenvalue weighted by atomic mass is 79.9. The molecule has 0 fully saturated rings. The quantitative estimate of drug-likeness (QED) is 0.460. The fraction of sp³-hybridized carbons (Fsp3) is 0.133. The Morgan fingerprint density at radius 3 is 2.57 bits per heavy atom. The second-order valence-electron chi connectivity index (χ2n) is 4.21. The summed E-state index contributed by atoms with van der Waals surface area (Å²) in [5.74, 6) is 0.471. The van der Waals surface area contributed by atoms with E-state index in [4.69, 9.17) is 15.6 Å². The molecule has 0 unspecified atom stereocenters. The molecule has 0 bridgehead atoms. The first kappa shape index (κ1) is 15.7. The molecule has 0 spiro atoms. The number of carboxylic acids is 1. The summed E-state index contributed by atoms with van der Waals surface area (Å²) >= 11 is 4.99. The van der Waals surface area contributed by atoms with Crippen molar-refractivity contribution in [2.75, 3.05) is 18.1 Å². The lowest BCUT2D eigenvalue weighted by Gasteiger charge is -2.08. The molecule has 4 nitrogen and oxygen atoms in total. The van der Waals surface area contributed by atoms with Gasteiger partial charge >= 0.3 is 5.97 Å². The number of ether oxygens (including phenoxy) is 1. The van der Waals surface area contributed by atoms with Crippen LogP contribution in [-0.2, 0) is 0 Å². The maximum absolute atomic E-state index is 10.7. The fourth-order valence-corrected chi connectivity index (χ4v) is 2.81. The van der Waals surface area contributed by atoms with E-state index >= 15 is 0 Å². The Labute approximate surface area is 135 Å². The predicted molar refractivity (Wildman–Crippen MR) is 88.2 cm³/mol. The van der Waals surface area contributed by atoms with E-state index in [9.17, 15) is 4.79 Å². The van der Waals surface area contributed by atoms with Gasteiger partial charge in [-0.25, -0.2) is 4.79 Å². The zero-order chi connectivity index (χ0) is 15.2. The van der Waals surface area contributed by atoms with E-state index in [1.165, 1.54) is 12.1 Å². The summed E-state index contributed by atoms with van der Waals surface area (Å²) in [4.78, 5) is 11.7. The van der Waals surface area contributed by atoms with Crippen molar-refractivity contribution in [3.63, 3.8) is 0 Å². The molecule has 2 rings (SSSR count). The van der Waals surface area contributed by atoms with Crippen molar-refractivity contribution in [1.29, 1.82) is 0 Å². The number of thioether (sulfide) groups is 1. The summed E-state index contributed by atoms with van der Waals surface area (Å²) in [6.07, 6.45) is 0. The number of carboxylic acid groups (broad SMARTS) is 1. The van der Waals surface area contributed by atoms with Gasteiger partial charge in [0, 0.05) is 20.8 Å². The molecule has 0 amide bonds. The number of halogens is 1. The van der Waals surface area contributed by atoms with Crippen LogP contribution in [0.3, 0.4) is 0 Å². The zero-order valence-corrected chi connectivity index (χ0v) is 13.5. The van der Waals surface area contributed by atoms with Gasteiger partial charge in [-0.15, -0.1) is 11.8 Å². The minimum absolute atomic E-state index is 0.249. The third-order valence-corrected chi connectivity index (χ3v) is 4.23. The molecule has 6 heteroatoms. The van der Waals surface area contributed by atoms with Gasteiger partial charge in [-0.2, -0.15) is 0 Å². The topological polar surface area (TPSA) is 72.5 Å². The predicted octanol–water partition coefficient (Wildman–Crippen LogP) is 3.90. The van der Waals surface area contributed by atoms with Crippen molar-refractivity contribution in [3.8, 4) is 5.75 Å². The molecule has 0 atom stereocenters. The Balaban J connectivity index is 1.80. The second-order valence-corrected chi connectivity index (χ2v) is 6.26. The molecule has 0 aliphatic rings. The van der Waals surface area contributed by atoms with Crippen LogP contribution in [0.15, 0.2) is 51.8 Å². The molecule has 110 valence electrons. The highest BCUT2D eigenvalue weighted by molar-refractivity contribution is 9.10. The summed E-state index contributed by atoms with van der Waals surface area (Å²) in [6.45, 7) is 0.520. The Hall–Kier alpha value is -1.66. The van der Waals surface area contributed by atoms with Crippen molar-refractivity contribution in [1.82, 2.24) is 0 Å². The maximum Gasteiger partial charge on any atom is 0.335 e. The van der Waals surface area contributed by atoms with Crippen molar-refractivity contribution in [2.24, 2.45) is 0 Å². The van der Waals surface area contributed by atoms with Gasteiger partial charge in [0.25, 0.3) is 0 Å². The Bertz CT molecular complexity index is 631. The molecule has 21 heavy (non-hydrogen) atoms. The van der Waals surface area contributed by atoms with Crippen LogP contribution < -0.4 is 10.5 Å². The minimum Gasteiger partial charge on any atom is -0.493 e. The fourth-order valence-electron chi connectivity index (χ4n) is 1.66. The number of hydrogen-bond donors (Lipinski definition) is 2. The number of rotatable bonds is 6. The second kappa shape index (κ2) is 7.38. The minimum atomic E-state index is -0.942. The van der Waals surface area contributed by atoms with Crippen molar-refractivity contribution < 1.29 is 14.6 Å². The first-order chi connectivity index (χ1) is 10.1. The van der Waals surface area contributed by atoms with Gasteiger partial charge in [0.1, 0.15) is 5.75 Å². The number of aromatic carboxylic acids is 1. The molecule has 0 aliphatic heterocycles. The first-order valence-electron chi connectivity index (χ1n) is 6.20. The van der Waals surface area contributed by atoms with E-state index in [-0.39, 0.29) is 5.56 Å². The van der Waals surface area contributed by atoms with Crippen LogP contribution in [0.5, 0.6) is 5.75 Å². The Kier molecular flexibility index (Phi) is 5.52. The molecule has 3 N–H and O–H groups in total. The third-order valence-electron chi connectivity index (χ3n) is 2.68. The van der Waals surface area contributed by atoms with Crippen LogP contribution in [-0.4, -0.2) is 23.4 Å². The van der Waals surface area contributed by atoms with Gasteiger partial charge in [-0.05, 0) is 42.5 Å². The lowest BCUT2D eigenvalue weighted by molar-refractivity contribution is 0.0697. The molecule has 0 aromatic heterocycles. The van der Waals surface area contributed by atoms with Crippen LogP contribution in [0.4, 0.5) is 5.69 Å². The van der Waals surface area contributed by atoms with Crippen LogP contribution in [0.1, 0.15) is 10.4 Å². The molecular weight excluding hydrogens is 354 g/mol. The average Bonchev–Trinajstić information content (AvgIpc) is 2.46. The highest BCUT2D eigenvalue weighted by Gasteiger charge is 2.03. The summed E-state index contributed by atoms with van der Waals surface area (Å²) in [6, 6.07) is 12.1. The maximum atomic E-state index is 10.7. The van der Waals surface area contributed by atoms with Crippen molar-refractivity contribution in [2.45, 2.75) is 4.90 Å². The lowest BCUT2D eigenvalue weighted by atomic mass is 10.2. The number of carbonyl (C=O) groups is 1. The number of anilines is 1. The van der Waals surface area contributed by atoms with Crippen LogP contribution >= 0.6 is 27.7 Å². The van der Waals surface area contributed by atoms with Crippen LogP contribution in [0, 0.1) is 0 Å². The van der Waals surface area contributed by atoms with Gasteiger partial charge in [0.05, 0.1) is 12.2 Å². The van der Waals surface area contributed by atoms with E-state index < -0.39 is 5.97 Å². The molecule has 2 aromatic rings. The van der Waals surface area contributed by atoms with Crippen molar-refractivity contribution >= 4 is 39.3 Å². The van der Waals surface area contributed by atoms with Gasteiger partial charge in [-0.1, -0.05) is 15.9 Å². The number of nitrogen functional groups attached to an aromatic ring is 1. The van der Waals surface area contributed by atoms with Gasteiger partial charge in [-0.3, -0.25) is 0 Å².